The lowest BCUT2D eigenvalue weighted by molar-refractivity contribution is -0.118. The van der Waals surface area contributed by atoms with Crippen molar-refractivity contribution in [3.8, 4) is 0 Å². The van der Waals surface area contributed by atoms with Crippen molar-refractivity contribution in [3.63, 3.8) is 0 Å². The van der Waals surface area contributed by atoms with Crippen LogP contribution in [-0.2, 0) is 9.59 Å². The van der Waals surface area contributed by atoms with Crippen molar-refractivity contribution in [2.24, 2.45) is 5.41 Å². The number of anilines is 2. The number of nitrogens with one attached hydrogen (secondary N) is 2. The third-order valence-electron chi connectivity index (χ3n) is 3.85. The summed E-state index contributed by atoms with van der Waals surface area (Å²) in [4.78, 5) is 25.1. The van der Waals surface area contributed by atoms with Gasteiger partial charge in [0.1, 0.15) is 0 Å². The molecule has 0 fully saturated rings. The van der Waals surface area contributed by atoms with Crippen LogP contribution in [-0.4, -0.2) is 17.6 Å². The minimum atomic E-state index is -0.0386. The number of hydrogen-bond donors (Lipinski definition) is 2. The molecule has 144 valence electrons. The van der Waals surface area contributed by atoms with E-state index in [2.05, 4.69) is 16.7 Å². The fourth-order valence-electron chi connectivity index (χ4n) is 2.61. The molecule has 0 unspecified atom stereocenters. The van der Waals surface area contributed by atoms with Gasteiger partial charge in [0, 0.05) is 22.7 Å². The minimum absolute atomic E-state index is 0.00995. The van der Waals surface area contributed by atoms with Gasteiger partial charge in [0.15, 0.2) is 0 Å². The van der Waals surface area contributed by atoms with E-state index in [1.54, 1.807) is 0 Å². The van der Waals surface area contributed by atoms with Crippen molar-refractivity contribution in [2.75, 3.05) is 16.4 Å². The van der Waals surface area contributed by atoms with Gasteiger partial charge in [0.2, 0.25) is 11.8 Å². The smallest absolute Gasteiger partial charge is 0.234 e. The lowest BCUT2D eigenvalue weighted by Gasteiger charge is -2.17. The number of thioether (sulfide) groups is 1. The molecule has 0 aliphatic rings. The Morgan fingerprint density at radius 1 is 0.926 bits per heavy atom. The molecular weight excluding hydrogens is 356 g/mol. The summed E-state index contributed by atoms with van der Waals surface area (Å²) in [5, 5.41) is 5.86. The van der Waals surface area contributed by atoms with Crippen LogP contribution in [0.4, 0.5) is 11.4 Å². The fraction of sp³-hybridized carbons (Fsp3) is 0.364. The Kier molecular flexibility index (Phi) is 7.08. The van der Waals surface area contributed by atoms with Gasteiger partial charge in [-0.25, -0.2) is 0 Å². The minimum Gasteiger partial charge on any atom is -0.326 e. The van der Waals surface area contributed by atoms with Gasteiger partial charge in [-0.1, -0.05) is 38.5 Å². The Morgan fingerprint density at radius 2 is 1.59 bits per heavy atom. The molecule has 0 saturated heterocycles. The van der Waals surface area contributed by atoms with Gasteiger partial charge in [-0.15, -0.1) is 11.8 Å². The molecule has 2 N–H and O–H groups in total. The van der Waals surface area contributed by atoms with Crippen LogP contribution in [0.25, 0.3) is 0 Å². The maximum Gasteiger partial charge on any atom is 0.234 e. The Balaban J connectivity index is 1.84. The molecular formula is C22H28N2O2S. The molecule has 0 aromatic heterocycles. The molecule has 5 heteroatoms. The SMILES string of the molecule is Cc1ccc(NC(=O)CSc2ccc(NC(=O)CC(C)(C)C)cc2)c(C)c1. The van der Waals surface area contributed by atoms with Crippen LogP contribution in [0.2, 0.25) is 0 Å². The Labute approximate surface area is 166 Å². The van der Waals surface area contributed by atoms with Gasteiger partial charge >= 0.3 is 0 Å². The normalized spacial score (nSPS) is 11.1. The Morgan fingerprint density at radius 3 is 2.19 bits per heavy atom. The zero-order valence-corrected chi connectivity index (χ0v) is 17.5. The first kappa shape index (κ1) is 21.0. The van der Waals surface area contributed by atoms with Crippen molar-refractivity contribution >= 4 is 35.0 Å². The molecule has 0 atom stereocenters. The van der Waals surface area contributed by atoms with Crippen LogP contribution in [0.3, 0.4) is 0 Å². The molecule has 2 aromatic rings. The van der Waals surface area contributed by atoms with Crippen molar-refractivity contribution in [3.05, 3.63) is 53.6 Å². The summed E-state index contributed by atoms with van der Waals surface area (Å²) >= 11 is 1.47. The van der Waals surface area contributed by atoms with Gasteiger partial charge < -0.3 is 10.6 Å². The third kappa shape index (κ3) is 7.47. The number of rotatable bonds is 6. The first-order chi connectivity index (χ1) is 12.6. The topological polar surface area (TPSA) is 58.2 Å². The molecule has 0 aliphatic heterocycles. The number of benzene rings is 2. The second-order valence-electron chi connectivity index (χ2n) is 7.97. The third-order valence-corrected chi connectivity index (χ3v) is 4.87. The summed E-state index contributed by atoms with van der Waals surface area (Å²) in [7, 11) is 0. The summed E-state index contributed by atoms with van der Waals surface area (Å²) in [6, 6.07) is 13.5. The largest absolute Gasteiger partial charge is 0.326 e. The van der Waals surface area contributed by atoms with E-state index in [-0.39, 0.29) is 17.2 Å². The average Bonchev–Trinajstić information content (AvgIpc) is 2.55. The molecule has 0 spiro atoms. The molecule has 0 aliphatic carbocycles. The zero-order valence-electron chi connectivity index (χ0n) is 16.7. The predicted octanol–water partition coefficient (Wildman–Crippen LogP) is 5.41. The van der Waals surface area contributed by atoms with E-state index in [0.717, 1.165) is 21.8 Å². The number of hydrogen-bond acceptors (Lipinski definition) is 3. The highest BCUT2D eigenvalue weighted by Gasteiger charge is 2.15. The van der Waals surface area contributed by atoms with Crippen molar-refractivity contribution in [2.45, 2.75) is 45.9 Å². The Hall–Kier alpha value is -2.27. The van der Waals surface area contributed by atoms with E-state index in [0.29, 0.717) is 12.2 Å². The fourth-order valence-corrected chi connectivity index (χ4v) is 3.31. The Bertz CT molecular complexity index is 808. The zero-order chi connectivity index (χ0) is 20.0. The monoisotopic (exact) mass is 384 g/mol. The maximum absolute atomic E-state index is 12.2. The lowest BCUT2D eigenvalue weighted by atomic mass is 9.92. The number of aryl methyl sites for hydroxylation is 2. The quantitative estimate of drug-likeness (QED) is 0.655. The number of carbonyl (C=O) groups excluding carboxylic acids is 2. The first-order valence-electron chi connectivity index (χ1n) is 9.02. The summed E-state index contributed by atoms with van der Waals surface area (Å²) < 4.78 is 0. The lowest BCUT2D eigenvalue weighted by Crippen LogP contribution is -2.19. The molecule has 0 saturated carbocycles. The van der Waals surface area contributed by atoms with E-state index in [1.165, 1.54) is 17.3 Å². The van der Waals surface area contributed by atoms with Crippen LogP contribution >= 0.6 is 11.8 Å². The summed E-state index contributed by atoms with van der Waals surface area (Å²) in [5.41, 5.74) is 3.82. The molecule has 0 radical (unpaired) electrons. The molecule has 0 heterocycles. The van der Waals surface area contributed by atoms with Crippen LogP contribution in [0.1, 0.15) is 38.3 Å². The second-order valence-corrected chi connectivity index (χ2v) is 9.01. The van der Waals surface area contributed by atoms with Gasteiger partial charge in [0.05, 0.1) is 5.75 Å². The molecule has 2 rings (SSSR count). The number of carbonyl (C=O) groups is 2. The van der Waals surface area contributed by atoms with E-state index < -0.39 is 0 Å². The molecule has 4 nitrogen and oxygen atoms in total. The van der Waals surface area contributed by atoms with Crippen molar-refractivity contribution < 1.29 is 9.59 Å². The van der Waals surface area contributed by atoms with E-state index >= 15 is 0 Å². The number of amides is 2. The van der Waals surface area contributed by atoms with Crippen LogP contribution in [0.15, 0.2) is 47.4 Å². The second kappa shape index (κ2) is 9.09. The van der Waals surface area contributed by atoms with Crippen LogP contribution in [0.5, 0.6) is 0 Å². The summed E-state index contributed by atoms with van der Waals surface area (Å²) in [5.74, 6) is 0.313. The highest BCUT2D eigenvalue weighted by atomic mass is 32.2. The van der Waals surface area contributed by atoms with Gasteiger partial charge in [-0.3, -0.25) is 9.59 Å². The highest BCUT2D eigenvalue weighted by molar-refractivity contribution is 8.00. The summed E-state index contributed by atoms with van der Waals surface area (Å²) in [6.07, 6.45) is 0.474. The van der Waals surface area contributed by atoms with Crippen LogP contribution < -0.4 is 10.6 Å². The van der Waals surface area contributed by atoms with Gasteiger partial charge in [-0.2, -0.15) is 0 Å². The highest BCUT2D eigenvalue weighted by Crippen LogP contribution is 2.23. The van der Waals surface area contributed by atoms with E-state index in [9.17, 15) is 9.59 Å². The average molecular weight is 385 g/mol. The predicted molar refractivity (Wildman–Crippen MR) is 114 cm³/mol. The van der Waals surface area contributed by atoms with Gasteiger partial charge in [-0.05, 0) is 55.2 Å². The summed E-state index contributed by atoms with van der Waals surface area (Å²) in [6.45, 7) is 10.1. The standard InChI is InChI=1S/C22H28N2O2S/c1-15-6-11-19(16(2)12-15)24-21(26)14-27-18-9-7-17(8-10-18)23-20(25)13-22(3,4)5/h6-12H,13-14H2,1-5H3,(H,23,25)(H,24,26). The molecule has 0 bridgehead atoms. The first-order valence-corrected chi connectivity index (χ1v) is 10.0. The van der Waals surface area contributed by atoms with Crippen LogP contribution in [0, 0.1) is 19.3 Å². The molecule has 2 amide bonds. The van der Waals surface area contributed by atoms with E-state index in [4.69, 9.17) is 0 Å². The van der Waals surface area contributed by atoms with Gasteiger partial charge in [0.25, 0.3) is 0 Å². The van der Waals surface area contributed by atoms with Crippen molar-refractivity contribution in [1.29, 1.82) is 0 Å². The molecule has 27 heavy (non-hydrogen) atoms. The maximum atomic E-state index is 12.2. The van der Waals surface area contributed by atoms with Crippen molar-refractivity contribution in [1.82, 2.24) is 0 Å². The van der Waals surface area contributed by atoms with E-state index in [1.807, 2.05) is 71.0 Å². The molecule has 2 aromatic carbocycles.